The highest BCUT2D eigenvalue weighted by Gasteiger charge is 2.13. The van der Waals surface area contributed by atoms with Crippen molar-refractivity contribution in [2.75, 3.05) is 11.9 Å². The smallest absolute Gasteiger partial charge is 0.138 e. The molecule has 0 spiro atoms. The highest BCUT2D eigenvalue weighted by Crippen LogP contribution is 2.36. The Balaban J connectivity index is 1.58. The van der Waals surface area contributed by atoms with Gasteiger partial charge in [0.2, 0.25) is 0 Å². The van der Waals surface area contributed by atoms with Crippen LogP contribution in [0, 0.1) is 0 Å². The Bertz CT molecular complexity index is 1070. The van der Waals surface area contributed by atoms with E-state index in [0.29, 0.717) is 11.7 Å². The van der Waals surface area contributed by atoms with Gasteiger partial charge in [0.25, 0.3) is 0 Å². The van der Waals surface area contributed by atoms with Crippen molar-refractivity contribution in [3.05, 3.63) is 71.4 Å². The molecule has 4 nitrogen and oxygen atoms in total. The number of fused-ring (bicyclic) bond motifs is 1. The number of phenolic OH excluding ortho intramolecular Hbond substituents is 1. The van der Waals surface area contributed by atoms with E-state index in [1.807, 2.05) is 12.1 Å². The lowest BCUT2D eigenvalue weighted by Gasteiger charge is -2.10. The van der Waals surface area contributed by atoms with Gasteiger partial charge in [-0.2, -0.15) is 0 Å². The third kappa shape index (κ3) is 3.85. The summed E-state index contributed by atoms with van der Waals surface area (Å²) in [5.74, 6) is 1.68. The van der Waals surface area contributed by atoms with Crippen molar-refractivity contribution in [3.63, 3.8) is 0 Å². The zero-order valence-electron chi connectivity index (χ0n) is 16.0. The first-order valence-corrected chi connectivity index (χ1v) is 10.3. The van der Waals surface area contributed by atoms with Gasteiger partial charge in [-0.05, 0) is 41.2 Å². The van der Waals surface area contributed by atoms with Gasteiger partial charge < -0.3 is 10.4 Å². The highest BCUT2D eigenvalue weighted by molar-refractivity contribution is 7.17. The van der Waals surface area contributed by atoms with Crippen LogP contribution in [0.4, 0.5) is 5.82 Å². The van der Waals surface area contributed by atoms with E-state index in [0.717, 1.165) is 29.0 Å². The van der Waals surface area contributed by atoms with E-state index in [1.54, 1.807) is 29.8 Å². The molecule has 142 valence electrons. The number of thiophene rings is 1. The highest BCUT2D eigenvalue weighted by atomic mass is 32.1. The van der Waals surface area contributed by atoms with E-state index in [4.69, 9.17) is 0 Å². The number of hydrogen-bond donors (Lipinski definition) is 2. The maximum absolute atomic E-state index is 9.41. The molecule has 2 aromatic heterocycles. The Hall–Kier alpha value is -2.92. The predicted octanol–water partition coefficient (Wildman–Crippen LogP) is 5.84. The molecule has 0 aliphatic heterocycles. The summed E-state index contributed by atoms with van der Waals surface area (Å²) in [6, 6.07) is 16.1. The molecule has 0 amide bonds. The van der Waals surface area contributed by atoms with Crippen LogP contribution in [-0.2, 0) is 6.42 Å². The topological polar surface area (TPSA) is 58.0 Å². The number of phenols is 1. The first-order valence-electron chi connectivity index (χ1n) is 9.46. The van der Waals surface area contributed by atoms with Gasteiger partial charge in [0.05, 0.1) is 5.39 Å². The summed E-state index contributed by atoms with van der Waals surface area (Å²) in [5, 5.41) is 16.1. The van der Waals surface area contributed by atoms with Gasteiger partial charge in [0.15, 0.2) is 0 Å². The second-order valence-electron chi connectivity index (χ2n) is 7.17. The van der Waals surface area contributed by atoms with Crippen LogP contribution >= 0.6 is 11.3 Å². The Morgan fingerprint density at radius 1 is 1.00 bits per heavy atom. The van der Waals surface area contributed by atoms with Crippen LogP contribution in [0.3, 0.4) is 0 Å². The standard InChI is InChI=1S/C23H23N3OS/c1-15(2)17-5-7-18(8-6-17)20-13-28-23-21(20)22(25-14-26-23)24-12-11-16-3-9-19(27)10-4-16/h3-10,13-15,27H,11-12H2,1-2H3,(H,24,25,26). The number of aromatic nitrogens is 2. The first-order chi connectivity index (χ1) is 13.6. The Kier molecular flexibility index (Phi) is 5.26. The second-order valence-corrected chi connectivity index (χ2v) is 8.03. The van der Waals surface area contributed by atoms with E-state index in [9.17, 15) is 5.11 Å². The summed E-state index contributed by atoms with van der Waals surface area (Å²) >= 11 is 1.65. The monoisotopic (exact) mass is 389 g/mol. The Morgan fingerprint density at radius 3 is 2.46 bits per heavy atom. The van der Waals surface area contributed by atoms with E-state index in [1.165, 1.54) is 22.3 Å². The Morgan fingerprint density at radius 2 is 1.75 bits per heavy atom. The zero-order chi connectivity index (χ0) is 19.5. The molecule has 28 heavy (non-hydrogen) atoms. The number of hydrogen-bond acceptors (Lipinski definition) is 5. The van der Waals surface area contributed by atoms with Crippen LogP contribution < -0.4 is 5.32 Å². The molecular formula is C23H23N3OS. The SMILES string of the molecule is CC(C)c1ccc(-c2csc3ncnc(NCCc4ccc(O)cc4)c23)cc1. The van der Waals surface area contributed by atoms with Crippen molar-refractivity contribution >= 4 is 27.4 Å². The number of benzene rings is 2. The van der Waals surface area contributed by atoms with Crippen molar-refractivity contribution in [2.45, 2.75) is 26.2 Å². The lowest BCUT2D eigenvalue weighted by Crippen LogP contribution is -2.07. The molecule has 0 unspecified atom stereocenters. The summed E-state index contributed by atoms with van der Waals surface area (Å²) < 4.78 is 0. The molecule has 2 N–H and O–H groups in total. The van der Waals surface area contributed by atoms with Gasteiger partial charge in [0.1, 0.15) is 22.7 Å². The molecule has 2 aromatic carbocycles. The second kappa shape index (κ2) is 7.98. The lowest BCUT2D eigenvalue weighted by molar-refractivity contribution is 0.475. The fraction of sp³-hybridized carbons (Fsp3) is 0.217. The van der Waals surface area contributed by atoms with E-state index < -0.39 is 0 Å². The lowest BCUT2D eigenvalue weighted by atomic mass is 9.99. The molecule has 5 heteroatoms. The van der Waals surface area contributed by atoms with Crippen molar-refractivity contribution in [1.29, 1.82) is 0 Å². The molecule has 4 aromatic rings. The summed E-state index contributed by atoms with van der Waals surface area (Å²) in [7, 11) is 0. The van der Waals surface area contributed by atoms with Crippen LogP contribution in [0.5, 0.6) is 5.75 Å². The van der Waals surface area contributed by atoms with Gasteiger partial charge in [-0.15, -0.1) is 11.3 Å². The zero-order valence-corrected chi connectivity index (χ0v) is 16.8. The fourth-order valence-corrected chi connectivity index (χ4v) is 4.17. The van der Waals surface area contributed by atoms with Crippen LogP contribution in [0.15, 0.2) is 60.2 Å². The van der Waals surface area contributed by atoms with Crippen LogP contribution in [0.2, 0.25) is 0 Å². The molecule has 0 aliphatic carbocycles. The van der Waals surface area contributed by atoms with Gasteiger partial charge in [0, 0.05) is 17.5 Å². The number of nitrogens with zero attached hydrogens (tertiary/aromatic N) is 2. The number of aromatic hydroxyl groups is 1. The maximum atomic E-state index is 9.41. The minimum absolute atomic E-state index is 0.292. The molecule has 0 fully saturated rings. The maximum Gasteiger partial charge on any atom is 0.138 e. The van der Waals surface area contributed by atoms with E-state index in [2.05, 4.69) is 58.8 Å². The molecule has 0 saturated heterocycles. The average Bonchev–Trinajstić information content (AvgIpc) is 3.14. The molecule has 0 atom stereocenters. The van der Waals surface area contributed by atoms with Crippen LogP contribution in [-0.4, -0.2) is 21.6 Å². The van der Waals surface area contributed by atoms with Gasteiger partial charge >= 0.3 is 0 Å². The molecule has 0 radical (unpaired) electrons. The molecular weight excluding hydrogens is 366 g/mol. The fourth-order valence-electron chi connectivity index (χ4n) is 3.26. The third-order valence-corrected chi connectivity index (χ3v) is 5.79. The number of anilines is 1. The Labute approximate surface area is 168 Å². The molecule has 0 bridgehead atoms. The van der Waals surface area contributed by atoms with Gasteiger partial charge in [-0.1, -0.05) is 50.2 Å². The molecule has 0 saturated carbocycles. The minimum Gasteiger partial charge on any atom is -0.508 e. The summed E-state index contributed by atoms with van der Waals surface area (Å²) in [6.45, 7) is 5.18. The van der Waals surface area contributed by atoms with Gasteiger partial charge in [-0.25, -0.2) is 9.97 Å². The summed E-state index contributed by atoms with van der Waals surface area (Å²) in [5.41, 5.74) is 4.87. The predicted molar refractivity (Wildman–Crippen MR) is 117 cm³/mol. The van der Waals surface area contributed by atoms with Crippen LogP contribution in [0.25, 0.3) is 21.3 Å². The summed E-state index contributed by atoms with van der Waals surface area (Å²) in [4.78, 5) is 9.94. The largest absolute Gasteiger partial charge is 0.508 e. The minimum atomic E-state index is 0.292. The number of nitrogens with one attached hydrogen (secondary N) is 1. The van der Waals surface area contributed by atoms with E-state index >= 15 is 0 Å². The average molecular weight is 390 g/mol. The first kappa shape index (κ1) is 18.4. The van der Waals surface area contributed by atoms with Crippen molar-refractivity contribution in [2.24, 2.45) is 0 Å². The van der Waals surface area contributed by atoms with Crippen molar-refractivity contribution in [3.8, 4) is 16.9 Å². The van der Waals surface area contributed by atoms with Gasteiger partial charge in [-0.3, -0.25) is 0 Å². The molecule has 4 rings (SSSR count). The van der Waals surface area contributed by atoms with Crippen LogP contribution in [0.1, 0.15) is 30.9 Å². The normalized spacial score (nSPS) is 11.2. The van der Waals surface area contributed by atoms with E-state index in [-0.39, 0.29) is 0 Å². The third-order valence-electron chi connectivity index (χ3n) is 4.90. The number of rotatable bonds is 6. The molecule has 0 aliphatic rings. The quantitative estimate of drug-likeness (QED) is 0.435. The van der Waals surface area contributed by atoms with Crippen molar-refractivity contribution in [1.82, 2.24) is 9.97 Å². The molecule has 2 heterocycles. The summed E-state index contributed by atoms with van der Waals surface area (Å²) in [6.07, 6.45) is 2.47. The van der Waals surface area contributed by atoms with Crippen molar-refractivity contribution < 1.29 is 5.11 Å².